The minimum Gasteiger partial charge on any atom is -0.543 e. The molecule has 0 radical (unpaired) electrons. The topological polar surface area (TPSA) is 200 Å². The normalized spacial score (nSPS) is 19.4. The zero-order valence-electron chi connectivity index (χ0n) is 18.9. The third-order valence-corrected chi connectivity index (χ3v) is 7.96. The molecule has 3 aromatic heterocycles. The van der Waals surface area contributed by atoms with E-state index in [1.165, 1.54) is 40.6 Å². The molecule has 3 aromatic rings. The second-order valence-corrected chi connectivity index (χ2v) is 10.2. The van der Waals surface area contributed by atoms with Gasteiger partial charge in [-0.25, -0.2) is 9.97 Å². The number of aromatic nitrogens is 3. The van der Waals surface area contributed by atoms with Gasteiger partial charge < -0.3 is 30.7 Å². The van der Waals surface area contributed by atoms with E-state index >= 15 is 0 Å². The van der Waals surface area contributed by atoms with Crippen LogP contribution in [0.2, 0.25) is 0 Å². The van der Waals surface area contributed by atoms with Gasteiger partial charge in [-0.05, 0) is 11.6 Å². The van der Waals surface area contributed by atoms with Crippen LogP contribution in [0.15, 0.2) is 50.0 Å². The van der Waals surface area contributed by atoms with E-state index in [1.54, 1.807) is 17.6 Å². The quantitative estimate of drug-likeness (QED) is 0.0872. The van der Waals surface area contributed by atoms with Gasteiger partial charge in [0.15, 0.2) is 16.6 Å². The Morgan fingerprint density at radius 3 is 2.81 bits per heavy atom. The summed E-state index contributed by atoms with van der Waals surface area (Å²) in [5, 5.41) is 33.9. The first-order chi connectivity index (χ1) is 17.4. The van der Waals surface area contributed by atoms with Gasteiger partial charge in [0, 0.05) is 28.8 Å². The van der Waals surface area contributed by atoms with E-state index < -0.39 is 34.9 Å². The van der Waals surface area contributed by atoms with E-state index in [1.807, 2.05) is 0 Å². The molecule has 0 saturated carbocycles. The number of fused-ring (bicyclic) bond motifs is 1. The maximum absolute atomic E-state index is 12.8. The molecule has 184 valence electrons. The number of thioether (sulfide) groups is 1. The number of rotatable bonds is 7. The van der Waals surface area contributed by atoms with Crippen molar-refractivity contribution in [2.45, 2.75) is 11.4 Å². The molecule has 0 aliphatic carbocycles. The number of thiazole rings is 2. The van der Waals surface area contributed by atoms with E-state index in [9.17, 15) is 24.7 Å². The fraction of sp³-hybridized carbons (Fsp3) is 0.150. The first-order valence-electron chi connectivity index (χ1n) is 10.1. The molecule has 0 aromatic carbocycles. The number of nitrogens with two attached hydrogens (primary N) is 1. The molecule has 5 rings (SSSR count). The molecule has 2 aliphatic rings. The Bertz CT molecular complexity index is 1450. The number of oxime groups is 1. The van der Waals surface area contributed by atoms with Crippen molar-refractivity contribution < 1.29 is 58.8 Å². The van der Waals surface area contributed by atoms with Crippen molar-refractivity contribution >= 4 is 69.1 Å². The number of allylic oxidation sites excluding steroid dienone is 1. The van der Waals surface area contributed by atoms with E-state index in [0.717, 1.165) is 16.2 Å². The van der Waals surface area contributed by atoms with Crippen LogP contribution in [0, 0.1) is 0 Å². The Morgan fingerprint density at radius 1 is 1.35 bits per heavy atom. The number of nitrogens with zero attached hydrogens (tertiary/aromatic N) is 5. The number of anilines is 1. The third kappa shape index (κ3) is 5.21. The Kier molecular flexibility index (Phi) is 8.15. The van der Waals surface area contributed by atoms with Crippen LogP contribution in [0.3, 0.4) is 0 Å². The van der Waals surface area contributed by atoms with Crippen molar-refractivity contribution in [3.63, 3.8) is 0 Å². The predicted molar refractivity (Wildman–Crippen MR) is 129 cm³/mol. The number of nitrogen functional groups attached to an aromatic ring is 1. The molecule has 37 heavy (non-hydrogen) atoms. The summed E-state index contributed by atoms with van der Waals surface area (Å²) in [5.41, 5.74) is 5.76. The number of nitrogens with one attached hydrogen (secondary N) is 1. The minimum absolute atomic E-state index is 0. The number of hydrogen-bond donors (Lipinski definition) is 3. The molecular weight excluding hydrogens is 553 g/mol. The number of aliphatic carboxylic acids is 1. The summed E-state index contributed by atoms with van der Waals surface area (Å²) in [7, 11) is 0. The van der Waals surface area contributed by atoms with Gasteiger partial charge in [0.1, 0.15) is 27.8 Å². The summed E-state index contributed by atoms with van der Waals surface area (Å²) in [4.78, 5) is 46.5. The van der Waals surface area contributed by atoms with Gasteiger partial charge in [-0.15, -0.1) is 34.4 Å². The monoisotopic (exact) mass is 567 g/mol. The molecule has 0 bridgehead atoms. The van der Waals surface area contributed by atoms with Crippen molar-refractivity contribution in [3.8, 4) is 10.7 Å². The standard InChI is InChI=1S/C20H15N7O6S3.Na/c21-20-23-11(7-36-20)12(25-32)15(28)24-13-17(29)27-14(19(30)31)8(6-35-18(13)27)1-2-9-5-10(26-33-9)16-22-3-4-34-16;/h1-5,7,13,18,32H,6H2,(H2,21,23)(H,24,28)(H,30,31);/q;+1/p-1/b2-1-,25-12-;/t13-,18-;/m1./s1. The fourth-order valence-corrected chi connectivity index (χ4v) is 6.04. The third-order valence-electron chi connectivity index (χ3n) is 5.19. The zero-order chi connectivity index (χ0) is 25.4. The number of carbonyl (C=O) groups is 3. The summed E-state index contributed by atoms with van der Waals surface area (Å²) >= 11 is 3.70. The van der Waals surface area contributed by atoms with Crippen molar-refractivity contribution in [2.24, 2.45) is 5.16 Å². The average Bonchev–Trinajstić information content (AvgIpc) is 3.63. The summed E-state index contributed by atoms with van der Waals surface area (Å²) < 4.78 is 5.26. The number of hydrogen-bond acceptors (Lipinski definition) is 14. The second kappa shape index (κ2) is 11.2. The van der Waals surface area contributed by atoms with Crippen molar-refractivity contribution in [2.75, 3.05) is 11.5 Å². The minimum atomic E-state index is -1.53. The molecule has 2 atom stereocenters. The number of β-lactam (4-membered cyclic amide) rings is 1. The van der Waals surface area contributed by atoms with E-state index in [0.29, 0.717) is 22.0 Å². The first-order valence-corrected chi connectivity index (χ1v) is 12.9. The molecule has 5 heterocycles. The SMILES string of the molecule is Nc1nc(/C(=N/O)C(=O)N[C@@H]2C(=O)N3C(C(=O)[O-])=C(/C=C\c4cc(-c5nccs5)no4)CS[C@H]23)cs1.[Na+]. The van der Waals surface area contributed by atoms with Crippen LogP contribution < -0.4 is 45.7 Å². The van der Waals surface area contributed by atoms with Crippen molar-refractivity contribution in [1.29, 1.82) is 0 Å². The maximum Gasteiger partial charge on any atom is 1.00 e. The van der Waals surface area contributed by atoms with Crippen LogP contribution in [-0.4, -0.2) is 65.9 Å². The molecule has 17 heteroatoms. The van der Waals surface area contributed by atoms with E-state index in [2.05, 4.69) is 25.6 Å². The molecule has 0 unspecified atom stereocenters. The Labute approximate surface area is 242 Å². The maximum atomic E-state index is 12.8. The van der Waals surface area contributed by atoms with Crippen LogP contribution >= 0.6 is 34.4 Å². The van der Waals surface area contributed by atoms with Crippen LogP contribution in [0.5, 0.6) is 0 Å². The summed E-state index contributed by atoms with van der Waals surface area (Å²) in [6.45, 7) is 0. The molecule has 13 nitrogen and oxygen atoms in total. The molecule has 1 saturated heterocycles. The van der Waals surface area contributed by atoms with Crippen molar-refractivity contribution in [1.82, 2.24) is 25.3 Å². The fourth-order valence-electron chi connectivity index (χ4n) is 3.58. The molecule has 2 amide bonds. The molecule has 0 spiro atoms. The number of amides is 2. The second-order valence-electron chi connectivity index (χ2n) is 7.33. The number of carboxylic acid groups (broad SMARTS) is 1. The molecule has 1 fully saturated rings. The molecule has 4 N–H and O–H groups in total. The summed E-state index contributed by atoms with van der Waals surface area (Å²) in [6, 6.07) is 0.620. The van der Waals surface area contributed by atoms with Crippen LogP contribution in [0.1, 0.15) is 11.5 Å². The van der Waals surface area contributed by atoms with Gasteiger partial charge in [0.25, 0.3) is 11.8 Å². The van der Waals surface area contributed by atoms with Gasteiger partial charge in [0.05, 0.1) is 11.7 Å². The largest absolute Gasteiger partial charge is 1.00 e. The van der Waals surface area contributed by atoms with Gasteiger partial charge in [-0.1, -0.05) is 16.4 Å². The Morgan fingerprint density at radius 2 is 2.16 bits per heavy atom. The Balaban J connectivity index is 0.00000320. The predicted octanol–water partition coefficient (Wildman–Crippen LogP) is -2.86. The molecule has 2 aliphatic heterocycles. The van der Waals surface area contributed by atoms with Crippen LogP contribution in [-0.2, 0) is 14.4 Å². The van der Waals surface area contributed by atoms with E-state index in [4.69, 9.17) is 10.3 Å². The zero-order valence-corrected chi connectivity index (χ0v) is 23.3. The summed E-state index contributed by atoms with van der Waals surface area (Å²) in [5.74, 6) is -2.44. The van der Waals surface area contributed by atoms with Gasteiger partial charge in [-0.3, -0.25) is 14.5 Å². The van der Waals surface area contributed by atoms with Gasteiger partial charge in [-0.2, -0.15) is 0 Å². The molecular formula is C20H14N7NaO6S3. The van der Waals surface area contributed by atoms with Crippen LogP contribution in [0.25, 0.3) is 16.8 Å². The number of carboxylic acids is 1. The smallest absolute Gasteiger partial charge is 0.543 e. The summed E-state index contributed by atoms with van der Waals surface area (Å²) in [6.07, 6.45) is 4.70. The average molecular weight is 568 g/mol. The number of carbonyl (C=O) groups excluding carboxylic acids is 3. The van der Waals surface area contributed by atoms with Crippen molar-refractivity contribution in [3.05, 3.63) is 51.8 Å². The van der Waals surface area contributed by atoms with E-state index in [-0.39, 0.29) is 51.8 Å². The van der Waals surface area contributed by atoms with Gasteiger partial charge in [0.2, 0.25) is 0 Å². The van der Waals surface area contributed by atoms with Crippen LogP contribution in [0.4, 0.5) is 5.13 Å². The first kappa shape index (κ1) is 27.0. The van der Waals surface area contributed by atoms with Gasteiger partial charge >= 0.3 is 29.6 Å². The Hall–Kier alpha value is -3.02.